The zero-order valence-corrected chi connectivity index (χ0v) is 9.31. The van der Waals surface area contributed by atoms with Crippen molar-refractivity contribution in [3.05, 3.63) is 12.2 Å². The van der Waals surface area contributed by atoms with Crippen molar-refractivity contribution < 1.29 is 0 Å². The van der Waals surface area contributed by atoms with E-state index >= 15 is 0 Å². The van der Waals surface area contributed by atoms with Crippen LogP contribution in [0.3, 0.4) is 0 Å². The summed E-state index contributed by atoms with van der Waals surface area (Å²) in [7, 11) is 0. The molecule has 0 amide bonds. The van der Waals surface area contributed by atoms with Crippen LogP contribution in [0.4, 0.5) is 0 Å². The molecule has 4 aliphatic carbocycles. The lowest BCUT2D eigenvalue weighted by Crippen LogP contribution is -2.31. The van der Waals surface area contributed by atoms with E-state index in [1.54, 1.807) is 6.42 Å². The van der Waals surface area contributed by atoms with E-state index in [2.05, 4.69) is 12.2 Å². The molecule has 0 aromatic carbocycles. The third-order valence-corrected chi connectivity index (χ3v) is 5.95. The van der Waals surface area contributed by atoms with Gasteiger partial charge in [0.25, 0.3) is 0 Å². The zero-order chi connectivity index (χ0) is 9.99. The smallest absolute Gasteiger partial charge is 0.00745 e. The first-order valence-electron chi connectivity index (χ1n) is 6.77. The average molecular weight is 203 g/mol. The van der Waals surface area contributed by atoms with E-state index in [0.717, 1.165) is 48.0 Å². The summed E-state index contributed by atoms with van der Waals surface area (Å²) < 4.78 is 0. The largest absolute Gasteiger partial charge is 0.330 e. The Kier molecular flexibility index (Phi) is 1.69. The van der Waals surface area contributed by atoms with Crippen molar-refractivity contribution in [1.82, 2.24) is 0 Å². The fourth-order valence-electron chi connectivity index (χ4n) is 5.70. The minimum atomic E-state index is 0.912. The lowest BCUT2D eigenvalue weighted by molar-refractivity contribution is 0.145. The lowest BCUT2D eigenvalue weighted by atomic mass is 9.69. The highest BCUT2D eigenvalue weighted by Crippen LogP contribution is 2.67. The maximum absolute atomic E-state index is 5.74. The molecule has 4 aliphatic rings. The third-order valence-electron chi connectivity index (χ3n) is 5.95. The summed E-state index contributed by atoms with van der Waals surface area (Å²) in [6, 6.07) is 0. The van der Waals surface area contributed by atoms with Gasteiger partial charge in [-0.3, -0.25) is 0 Å². The minimum Gasteiger partial charge on any atom is -0.330 e. The van der Waals surface area contributed by atoms with Gasteiger partial charge in [0.1, 0.15) is 0 Å². The zero-order valence-electron chi connectivity index (χ0n) is 9.31. The summed E-state index contributed by atoms with van der Waals surface area (Å²) in [5, 5.41) is 0. The molecule has 7 unspecified atom stereocenters. The average Bonchev–Trinajstić information content (AvgIpc) is 2.95. The molecule has 0 heterocycles. The van der Waals surface area contributed by atoms with Crippen LogP contribution in [0.25, 0.3) is 0 Å². The molecule has 0 aromatic heterocycles. The maximum atomic E-state index is 5.74. The van der Waals surface area contributed by atoms with Gasteiger partial charge in [-0.2, -0.15) is 0 Å². The summed E-state index contributed by atoms with van der Waals surface area (Å²) in [6.07, 6.45) is 10.9. The number of hydrogen-bond acceptors (Lipinski definition) is 1. The monoisotopic (exact) mass is 203 g/mol. The van der Waals surface area contributed by atoms with E-state index in [1.165, 1.54) is 19.3 Å². The van der Waals surface area contributed by atoms with Gasteiger partial charge in [0.15, 0.2) is 0 Å². The normalized spacial score (nSPS) is 59.1. The molecular formula is C14H21N. The van der Waals surface area contributed by atoms with Gasteiger partial charge < -0.3 is 5.73 Å². The van der Waals surface area contributed by atoms with E-state index in [0.29, 0.717) is 0 Å². The van der Waals surface area contributed by atoms with Crippen LogP contribution in [-0.4, -0.2) is 6.54 Å². The molecule has 0 spiro atoms. The standard InChI is InChI=1S/C14H21N/c15-4-3-8-5-11-7-12(8)14-10-2-1-9(6-10)13(11)14/h1-2,8-14H,3-7,15H2. The highest BCUT2D eigenvalue weighted by molar-refractivity contribution is 5.20. The second-order valence-electron chi connectivity index (χ2n) is 6.34. The maximum Gasteiger partial charge on any atom is -0.00745 e. The van der Waals surface area contributed by atoms with Crippen molar-refractivity contribution in [1.29, 1.82) is 0 Å². The lowest BCUT2D eigenvalue weighted by Gasteiger charge is -2.36. The molecular weight excluding hydrogens is 182 g/mol. The third kappa shape index (κ3) is 0.982. The van der Waals surface area contributed by atoms with Crippen molar-refractivity contribution in [2.75, 3.05) is 6.54 Å². The van der Waals surface area contributed by atoms with Gasteiger partial charge >= 0.3 is 0 Å². The number of hydrogen-bond donors (Lipinski definition) is 1. The number of allylic oxidation sites excluding steroid dienone is 2. The van der Waals surface area contributed by atoms with Crippen molar-refractivity contribution in [3.63, 3.8) is 0 Å². The molecule has 1 heteroatoms. The van der Waals surface area contributed by atoms with Crippen LogP contribution in [0.1, 0.15) is 25.7 Å². The Labute approximate surface area is 92.1 Å². The van der Waals surface area contributed by atoms with Gasteiger partial charge in [-0.25, -0.2) is 0 Å². The first kappa shape index (κ1) is 8.81. The minimum absolute atomic E-state index is 0.912. The van der Waals surface area contributed by atoms with Crippen LogP contribution in [0.2, 0.25) is 0 Å². The molecule has 0 aliphatic heterocycles. The van der Waals surface area contributed by atoms with Crippen LogP contribution in [-0.2, 0) is 0 Å². The molecule has 82 valence electrons. The number of fused-ring (bicyclic) bond motifs is 9. The summed E-state index contributed by atoms with van der Waals surface area (Å²) in [6.45, 7) is 0.912. The summed E-state index contributed by atoms with van der Waals surface area (Å²) in [5.74, 6) is 7.26. The van der Waals surface area contributed by atoms with Gasteiger partial charge in [0.05, 0.1) is 0 Å². The Morgan fingerprint density at radius 3 is 2.60 bits per heavy atom. The molecule has 4 bridgehead atoms. The Hall–Kier alpha value is -0.300. The predicted octanol–water partition coefficient (Wildman–Crippen LogP) is 2.43. The second kappa shape index (κ2) is 2.88. The van der Waals surface area contributed by atoms with Gasteiger partial charge in [0, 0.05) is 0 Å². The molecule has 3 fully saturated rings. The highest BCUT2D eigenvalue weighted by Gasteiger charge is 2.60. The Balaban J connectivity index is 1.63. The fraction of sp³-hybridized carbons (Fsp3) is 0.857. The van der Waals surface area contributed by atoms with Crippen LogP contribution >= 0.6 is 0 Å². The van der Waals surface area contributed by atoms with Gasteiger partial charge in [-0.1, -0.05) is 12.2 Å². The molecule has 0 radical (unpaired) electrons. The Bertz CT molecular complexity index is 308. The van der Waals surface area contributed by atoms with Gasteiger partial charge in [-0.05, 0) is 73.7 Å². The first-order chi connectivity index (χ1) is 7.38. The van der Waals surface area contributed by atoms with Crippen molar-refractivity contribution >= 4 is 0 Å². The van der Waals surface area contributed by atoms with Crippen molar-refractivity contribution in [3.8, 4) is 0 Å². The second-order valence-corrected chi connectivity index (χ2v) is 6.34. The fourth-order valence-corrected chi connectivity index (χ4v) is 5.70. The molecule has 7 atom stereocenters. The molecule has 15 heavy (non-hydrogen) atoms. The van der Waals surface area contributed by atoms with E-state index in [-0.39, 0.29) is 0 Å². The molecule has 4 rings (SSSR count). The summed E-state index contributed by atoms with van der Waals surface area (Å²) in [4.78, 5) is 0. The molecule has 0 aromatic rings. The van der Waals surface area contributed by atoms with Crippen LogP contribution in [0.15, 0.2) is 12.2 Å². The Morgan fingerprint density at radius 1 is 1.00 bits per heavy atom. The van der Waals surface area contributed by atoms with E-state index < -0.39 is 0 Å². The molecule has 0 saturated heterocycles. The molecule has 1 nitrogen and oxygen atoms in total. The van der Waals surface area contributed by atoms with Crippen LogP contribution in [0.5, 0.6) is 0 Å². The SMILES string of the molecule is NCCC1CC2CC1C1C3C=CC(C3)C21. The first-order valence-corrected chi connectivity index (χ1v) is 6.77. The highest BCUT2D eigenvalue weighted by atomic mass is 14.7. The van der Waals surface area contributed by atoms with E-state index in [1.807, 2.05) is 0 Å². The summed E-state index contributed by atoms with van der Waals surface area (Å²) >= 11 is 0. The van der Waals surface area contributed by atoms with Crippen molar-refractivity contribution in [2.45, 2.75) is 25.7 Å². The van der Waals surface area contributed by atoms with Gasteiger partial charge in [-0.15, -0.1) is 0 Å². The quantitative estimate of drug-likeness (QED) is 0.541. The van der Waals surface area contributed by atoms with Crippen LogP contribution < -0.4 is 5.73 Å². The van der Waals surface area contributed by atoms with Gasteiger partial charge in [0.2, 0.25) is 0 Å². The van der Waals surface area contributed by atoms with Crippen LogP contribution in [0, 0.1) is 41.4 Å². The number of rotatable bonds is 2. The van der Waals surface area contributed by atoms with Crippen molar-refractivity contribution in [2.24, 2.45) is 47.2 Å². The topological polar surface area (TPSA) is 26.0 Å². The predicted molar refractivity (Wildman–Crippen MR) is 61.1 cm³/mol. The number of nitrogens with two attached hydrogens (primary N) is 1. The van der Waals surface area contributed by atoms with E-state index in [4.69, 9.17) is 5.73 Å². The molecule has 2 N–H and O–H groups in total. The summed E-state index contributed by atoms with van der Waals surface area (Å²) in [5.41, 5.74) is 5.74. The molecule has 3 saturated carbocycles. The Morgan fingerprint density at radius 2 is 1.80 bits per heavy atom. The van der Waals surface area contributed by atoms with E-state index in [9.17, 15) is 0 Å².